The van der Waals surface area contributed by atoms with Gasteiger partial charge in [0.2, 0.25) is 0 Å². The van der Waals surface area contributed by atoms with E-state index in [1.165, 1.54) is 24.3 Å². The summed E-state index contributed by atoms with van der Waals surface area (Å²) in [6.45, 7) is 5.31. The van der Waals surface area contributed by atoms with Crippen molar-refractivity contribution in [3.63, 3.8) is 0 Å². The second-order valence-electron chi connectivity index (χ2n) is 4.30. The minimum atomic E-state index is 0.440. The van der Waals surface area contributed by atoms with Gasteiger partial charge in [-0.1, -0.05) is 13.0 Å². The van der Waals surface area contributed by atoms with Crippen LogP contribution >= 0.6 is 11.3 Å². The lowest BCUT2D eigenvalue weighted by Gasteiger charge is -2.29. The van der Waals surface area contributed by atoms with Crippen LogP contribution in [0.5, 0.6) is 0 Å². The first kappa shape index (κ1) is 11.1. The molecule has 0 saturated heterocycles. The molecule has 2 rings (SSSR count). The third kappa shape index (κ3) is 2.80. The van der Waals surface area contributed by atoms with Gasteiger partial charge >= 0.3 is 0 Å². The first-order valence-corrected chi connectivity index (χ1v) is 6.70. The topological polar surface area (TPSA) is 29.3 Å². The maximum atomic E-state index is 5.90. The van der Waals surface area contributed by atoms with Crippen LogP contribution in [0.3, 0.4) is 0 Å². The van der Waals surface area contributed by atoms with Crippen molar-refractivity contribution in [1.82, 2.24) is 4.90 Å². The first-order valence-electron chi connectivity index (χ1n) is 5.82. The summed E-state index contributed by atoms with van der Waals surface area (Å²) in [5, 5.41) is 2.14. The summed E-state index contributed by atoms with van der Waals surface area (Å²) in [6.07, 6.45) is 2.83. The van der Waals surface area contributed by atoms with E-state index in [-0.39, 0.29) is 0 Å². The van der Waals surface area contributed by atoms with Gasteiger partial charge in [-0.25, -0.2) is 0 Å². The molecule has 1 fully saturated rings. The van der Waals surface area contributed by atoms with E-state index in [9.17, 15) is 0 Å². The number of nitrogens with two attached hydrogens (primary N) is 1. The average Bonchev–Trinajstić information content (AvgIpc) is 2.91. The van der Waals surface area contributed by atoms with Crippen molar-refractivity contribution < 1.29 is 0 Å². The molecule has 15 heavy (non-hydrogen) atoms. The molecule has 1 heterocycles. The zero-order chi connectivity index (χ0) is 10.7. The lowest BCUT2D eigenvalue weighted by atomic mass is 10.2. The van der Waals surface area contributed by atoms with Crippen LogP contribution in [0.2, 0.25) is 0 Å². The van der Waals surface area contributed by atoms with Crippen molar-refractivity contribution in [1.29, 1.82) is 0 Å². The number of hydrogen-bond donors (Lipinski definition) is 1. The largest absolute Gasteiger partial charge is 0.329 e. The molecule has 1 atom stereocenters. The van der Waals surface area contributed by atoms with Gasteiger partial charge in [0.05, 0.1) is 6.04 Å². The number of thiophene rings is 1. The highest BCUT2D eigenvalue weighted by Crippen LogP contribution is 2.33. The predicted molar refractivity (Wildman–Crippen MR) is 66.1 cm³/mol. The molecule has 0 spiro atoms. The molecule has 1 aliphatic carbocycles. The molecule has 2 nitrogen and oxygen atoms in total. The van der Waals surface area contributed by atoms with Crippen molar-refractivity contribution in [2.24, 2.45) is 11.7 Å². The van der Waals surface area contributed by atoms with E-state index in [1.807, 2.05) is 11.3 Å². The van der Waals surface area contributed by atoms with Gasteiger partial charge in [0, 0.05) is 18.0 Å². The van der Waals surface area contributed by atoms with E-state index in [4.69, 9.17) is 5.73 Å². The maximum absolute atomic E-state index is 5.90. The molecular weight excluding hydrogens is 204 g/mol. The lowest BCUT2D eigenvalue weighted by Crippen LogP contribution is -2.34. The molecule has 0 aliphatic heterocycles. The maximum Gasteiger partial charge on any atom is 0.0564 e. The normalized spacial score (nSPS) is 18.3. The second kappa shape index (κ2) is 5.10. The molecule has 2 N–H and O–H groups in total. The Labute approximate surface area is 96.1 Å². The van der Waals surface area contributed by atoms with Crippen LogP contribution in [0, 0.1) is 5.92 Å². The van der Waals surface area contributed by atoms with E-state index < -0.39 is 0 Å². The number of hydrogen-bond acceptors (Lipinski definition) is 3. The molecule has 1 aromatic rings. The van der Waals surface area contributed by atoms with Gasteiger partial charge < -0.3 is 5.73 Å². The number of nitrogens with zero attached hydrogens (tertiary/aromatic N) is 1. The van der Waals surface area contributed by atoms with Gasteiger partial charge in [0.15, 0.2) is 0 Å². The fourth-order valence-electron chi connectivity index (χ4n) is 2.03. The zero-order valence-electron chi connectivity index (χ0n) is 9.36. The summed E-state index contributed by atoms with van der Waals surface area (Å²) in [5.41, 5.74) is 5.90. The summed E-state index contributed by atoms with van der Waals surface area (Å²) in [5.74, 6) is 0.943. The van der Waals surface area contributed by atoms with Crippen molar-refractivity contribution >= 4 is 11.3 Å². The Morgan fingerprint density at radius 1 is 1.60 bits per heavy atom. The third-order valence-corrected chi connectivity index (χ3v) is 4.10. The molecule has 1 unspecified atom stereocenters. The molecule has 0 aromatic carbocycles. The molecule has 3 heteroatoms. The van der Waals surface area contributed by atoms with E-state index in [0.29, 0.717) is 6.04 Å². The number of likely N-dealkylation sites (N-methyl/N-ethyl adjacent to an activating group) is 1. The predicted octanol–water partition coefficient (Wildman–Crippen LogP) is 2.48. The van der Waals surface area contributed by atoms with E-state index in [1.54, 1.807) is 0 Å². The van der Waals surface area contributed by atoms with Crippen molar-refractivity contribution in [2.45, 2.75) is 25.8 Å². The van der Waals surface area contributed by atoms with Crippen LogP contribution in [0.4, 0.5) is 0 Å². The summed E-state index contributed by atoms with van der Waals surface area (Å²) in [4.78, 5) is 3.95. The molecular formula is C12H20N2S. The molecule has 1 aliphatic rings. The summed E-state index contributed by atoms with van der Waals surface area (Å²) in [7, 11) is 0. The molecule has 0 radical (unpaired) electrons. The Morgan fingerprint density at radius 2 is 2.40 bits per heavy atom. The van der Waals surface area contributed by atoms with Crippen LogP contribution in [0.1, 0.15) is 30.7 Å². The van der Waals surface area contributed by atoms with Crippen LogP contribution in [0.15, 0.2) is 17.5 Å². The van der Waals surface area contributed by atoms with Gasteiger partial charge in [-0.15, -0.1) is 11.3 Å². The van der Waals surface area contributed by atoms with E-state index in [0.717, 1.165) is 19.0 Å². The molecule has 1 aromatic heterocycles. The minimum Gasteiger partial charge on any atom is -0.329 e. The monoisotopic (exact) mass is 224 g/mol. The lowest BCUT2D eigenvalue weighted by molar-refractivity contribution is 0.206. The summed E-state index contributed by atoms with van der Waals surface area (Å²) >= 11 is 1.83. The van der Waals surface area contributed by atoms with E-state index >= 15 is 0 Å². The van der Waals surface area contributed by atoms with Gasteiger partial charge in [-0.3, -0.25) is 4.90 Å². The van der Waals surface area contributed by atoms with Crippen LogP contribution in [-0.2, 0) is 0 Å². The van der Waals surface area contributed by atoms with Gasteiger partial charge in [-0.05, 0) is 36.8 Å². The van der Waals surface area contributed by atoms with Crippen molar-refractivity contribution in [2.75, 3.05) is 19.6 Å². The van der Waals surface area contributed by atoms with Gasteiger partial charge in [0.25, 0.3) is 0 Å². The molecule has 0 amide bonds. The summed E-state index contributed by atoms with van der Waals surface area (Å²) in [6, 6.07) is 4.77. The first-order chi connectivity index (χ1) is 7.35. The summed E-state index contributed by atoms with van der Waals surface area (Å²) < 4.78 is 0. The van der Waals surface area contributed by atoms with Crippen LogP contribution < -0.4 is 5.73 Å². The number of rotatable bonds is 6. The Morgan fingerprint density at radius 3 is 2.87 bits per heavy atom. The zero-order valence-corrected chi connectivity index (χ0v) is 10.2. The average molecular weight is 224 g/mol. The Kier molecular flexibility index (Phi) is 3.78. The van der Waals surface area contributed by atoms with Crippen LogP contribution in [0.25, 0.3) is 0 Å². The highest BCUT2D eigenvalue weighted by atomic mass is 32.1. The third-order valence-electron chi connectivity index (χ3n) is 3.13. The van der Waals surface area contributed by atoms with Crippen molar-refractivity contribution in [3.8, 4) is 0 Å². The fourth-order valence-corrected chi connectivity index (χ4v) is 2.91. The standard InChI is InChI=1S/C12H20N2S/c1-2-14(9-10-5-6-10)11(8-13)12-4-3-7-15-12/h3-4,7,10-11H,2,5-6,8-9,13H2,1H3. The highest BCUT2D eigenvalue weighted by Gasteiger charge is 2.27. The van der Waals surface area contributed by atoms with Crippen LogP contribution in [-0.4, -0.2) is 24.5 Å². The minimum absolute atomic E-state index is 0.440. The Hall–Kier alpha value is -0.380. The van der Waals surface area contributed by atoms with Crippen molar-refractivity contribution in [3.05, 3.63) is 22.4 Å². The molecule has 1 saturated carbocycles. The van der Waals surface area contributed by atoms with E-state index in [2.05, 4.69) is 29.3 Å². The highest BCUT2D eigenvalue weighted by molar-refractivity contribution is 7.10. The fraction of sp³-hybridized carbons (Fsp3) is 0.667. The quantitative estimate of drug-likeness (QED) is 0.804. The SMILES string of the molecule is CCN(CC1CC1)C(CN)c1cccs1. The van der Waals surface area contributed by atoms with Gasteiger partial charge in [-0.2, -0.15) is 0 Å². The molecule has 84 valence electrons. The smallest absolute Gasteiger partial charge is 0.0564 e. The van der Waals surface area contributed by atoms with Gasteiger partial charge in [0.1, 0.15) is 0 Å². The Balaban J connectivity index is 2.01. The Bertz CT molecular complexity index is 280. The molecule has 0 bridgehead atoms. The second-order valence-corrected chi connectivity index (χ2v) is 5.28.